The normalized spacial score (nSPS) is 12.1. The van der Waals surface area contributed by atoms with Gasteiger partial charge >= 0.3 is 0 Å². The summed E-state index contributed by atoms with van der Waals surface area (Å²) < 4.78 is 1.47. The zero-order valence-corrected chi connectivity index (χ0v) is 16.6. The van der Waals surface area contributed by atoms with Gasteiger partial charge in [0.25, 0.3) is 5.69 Å². The Morgan fingerprint density at radius 3 is 2.70 bits per heavy atom. The Kier molecular flexibility index (Phi) is 6.08. The number of amides is 1. The topological polar surface area (TPSA) is 85.1 Å². The van der Waals surface area contributed by atoms with Crippen molar-refractivity contribution in [3.05, 3.63) is 63.7 Å². The maximum Gasteiger partial charge on any atom is 0.270 e. The highest BCUT2D eigenvalue weighted by atomic mass is 32.2. The molecule has 6 nitrogen and oxygen atoms in total. The van der Waals surface area contributed by atoms with Crippen molar-refractivity contribution >= 4 is 44.9 Å². The molecule has 140 valence electrons. The summed E-state index contributed by atoms with van der Waals surface area (Å²) in [7, 11) is 0. The van der Waals surface area contributed by atoms with E-state index >= 15 is 0 Å². The lowest BCUT2D eigenvalue weighted by atomic mass is 10.0. The number of aryl methyl sites for hydroxylation is 1. The SMILES string of the molecule is CC[C@H](NC(=O)CSc1nc2ccc([N+](=O)[O-])cc2s1)c1ccc(C)cc1. The van der Waals surface area contributed by atoms with E-state index in [1.165, 1.54) is 40.8 Å². The van der Waals surface area contributed by atoms with Crippen LogP contribution in [0.5, 0.6) is 0 Å². The van der Waals surface area contributed by atoms with Gasteiger partial charge in [0.05, 0.1) is 26.9 Å². The number of non-ortho nitro benzene ring substituents is 1. The van der Waals surface area contributed by atoms with Crippen LogP contribution in [0, 0.1) is 17.0 Å². The third-order valence-corrected chi connectivity index (χ3v) is 6.27. The molecule has 0 saturated heterocycles. The molecule has 0 saturated carbocycles. The van der Waals surface area contributed by atoms with E-state index in [1.807, 2.05) is 38.1 Å². The Bertz CT molecular complexity index is 970. The monoisotopic (exact) mass is 401 g/mol. The largest absolute Gasteiger partial charge is 0.349 e. The molecule has 0 spiro atoms. The summed E-state index contributed by atoms with van der Waals surface area (Å²) in [6.07, 6.45) is 0.810. The zero-order valence-electron chi connectivity index (χ0n) is 15.0. The van der Waals surface area contributed by atoms with E-state index in [1.54, 1.807) is 6.07 Å². The van der Waals surface area contributed by atoms with Gasteiger partial charge in [0.2, 0.25) is 5.91 Å². The molecule has 1 atom stereocenters. The van der Waals surface area contributed by atoms with Crippen LogP contribution in [0.15, 0.2) is 46.8 Å². The number of fused-ring (bicyclic) bond motifs is 1. The third-order valence-electron chi connectivity index (χ3n) is 4.11. The third kappa shape index (κ3) is 4.84. The summed E-state index contributed by atoms with van der Waals surface area (Å²) in [6.45, 7) is 4.07. The van der Waals surface area contributed by atoms with Gasteiger partial charge in [-0.2, -0.15) is 0 Å². The highest BCUT2D eigenvalue weighted by molar-refractivity contribution is 8.01. The molecule has 0 bridgehead atoms. The molecular formula is C19H19N3O3S2. The van der Waals surface area contributed by atoms with E-state index in [4.69, 9.17) is 0 Å². The Morgan fingerprint density at radius 1 is 1.30 bits per heavy atom. The van der Waals surface area contributed by atoms with Crippen LogP contribution in [0.4, 0.5) is 5.69 Å². The fraction of sp³-hybridized carbons (Fsp3) is 0.263. The molecular weight excluding hydrogens is 382 g/mol. The fourth-order valence-corrected chi connectivity index (χ4v) is 4.56. The molecule has 1 aromatic heterocycles. The van der Waals surface area contributed by atoms with Gasteiger partial charge in [0.15, 0.2) is 4.34 Å². The van der Waals surface area contributed by atoms with Gasteiger partial charge in [-0.05, 0) is 25.0 Å². The fourth-order valence-electron chi connectivity index (χ4n) is 2.65. The lowest BCUT2D eigenvalue weighted by molar-refractivity contribution is -0.384. The van der Waals surface area contributed by atoms with Crippen LogP contribution in [0.2, 0.25) is 0 Å². The van der Waals surface area contributed by atoms with Crippen LogP contribution < -0.4 is 5.32 Å². The molecule has 2 aromatic carbocycles. The van der Waals surface area contributed by atoms with Crippen molar-refractivity contribution in [2.75, 3.05) is 5.75 Å². The molecule has 1 heterocycles. The molecule has 3 rings (SSSR count). The van der Waals surface area contributed by atoms with Gasteiger partial charge in [-0.25, -0.2) is 4.98 Å². The van der Waals surface area contributed by atoms with Crippen LogP contribution >= 0.6 is 23.1 Å². The number of hydrogen-bond acceptors (Lipinski definition) is 6. The number of nitro benzene ring substituents is 1. The predicted molar refractivity (Wildman–Crippen MR) is 109 cm³/mol. The highest BCUT2D eigenvalue weighted by Crippen LogP contribution is 2.31. The first kappa shape index (κ1) is 19.3. The number of benzene rings is 2. The van der Waals surface area contributed by atoms with Crippen LogP contribution in [0.1, 0.15) is 30.5 Å². The summed E-state index contributed by atoms with van der Waals surface area (Å²) in [4.78, 5) is 27.2. The zero-order chi connectivity index (χ0) is 19.4. The predicted octanol–water partition coefficient (Wildman–Crippen LogP) is 4.87. The van der Waals surface area contributed by atoms with E-state index < -0.39 is 4.92 Å². The van der Waals surface area contributed by atoms with E-state index in [0.29, 0.717) is 5.52 Å². The van der Waals surface area contributed by atoms with Crippen molar-refractivity contribution in [2.45, 2.75) is 30.6 Å². The summed E-state index contributed by atoms with van der Waals surface area (Å²) in [5, 5.41) is 13.9. The second-order valence-corrected chi connectivity index (χ2v) is 8.37. The summed E-state index contributed by atoms with van der Waals surface area (Å²) in [5.74, 6) is 0.197. The number of carbonyl (C=O) groups is 1. The molecule has 1 amide bonds. The minimum absolute atomic E-state index is 0.0169. The molecule has 8 heteroatoms. The molecule has 0 fully saturated rings. The van der Waals surface area contributed by atoms with Gasteiger partial charge in [0, 0.05) is 12.1 Å². The average Bonchev–Trinajstić information content (AvgIpc) is 3.07. The van der Waals surface area contributed by atoms with Crippen molar-refractivity contribution in [1.82, 2.24) is 10.3 Å². The summed E-state index contributed by atoms with van der Waals surface area (Å²) in [5.41, 5.74) is 3.03. The molecule has 0 aliphatic rings. The highest BCUT2D eigenvalue weighted by Gasteiger charge is 2.15. The maximum absolute atomic E-state index is 12.3. The number of carbonyl (C=O) groups excluding carboxylic acids is 1. The van der Waals surface area contributed by atoms with Gasteiger partial charge in [-0.1, -0.05) is 48.5 Å². The van der Waals surface area contributed by atoms with E-state index in [0.717, 1.165) is 21.0 Å². The molecule has 0 radical (unpaired) electrons. The van der Waals surface area contributed by atoms with Crippen LogP contribution in [0.25, 0.3) is 10.2 Å². The van der Waals surface area contributed by atoms with E-state index in [9.17, 15) is 14.9 Å². The lowest BCUT2D eigenvalue weighted by Gasteiger charge is -2.17. The number of hydrogen-bond donors (Lipinski definition) is 1. The maximum atomic E-state index is 12.3. The second kappa shape index (κ2) is 8.49. The standard InChI is InChI=1S/C19H19N3O3S2/c1-3-15(13-6-4-12(2)5-7-13)20-18(23)11-26-19-21-16-9-8-14(22(24)25)10-17(16)27-19/h4-10,15H,3,11H2,1-2H3,(H,20,23)/t15-/m0/s1. The van der Waals surface area contributed by atoms with Gasteiger partial charge < -0.3 is 5.32 Å². The van der Waals surface area contributed by atoms with Crippen molar-refractivity contribution < 1.29 is 9.72 Å². The Morgan fingerprint density at radius 2 is 2.04 bits per heavy atom. The van der Waals surface area contributed by atoms with Crippen molar-refractivity contribution in [2.24, 2.45) is 0 Å². The number of nitro groups is 1. The first-order valence-corrected chi connectivity index (χ1v) is 10.3. The van der Waals surface area contributed by atoms with Crippen molar-refractivity contribution in [3.63, 3.8) is 0 Å². The number of thioether (sulfide) groups is 1. The molecule has 1 N–H and O–H groups in total. The number of aromatic nitrogens is 1. The van der Waals surface area contributed by atoms with E-state index in [-0.39, 0.29) is 23.4 Å². The van der Waals surface area contributed by atoms with Crippen molar-refractivity contribution in [3.8, 4) is 0 Å². The minimum atomic E-state index is -0.421. The molecule has 0 unspecified atom stereocenters. The van der Waals surface area contributed by atoms with Gasteiger partial charge in [-0.15, -0.1) is 11.3 Å². The molecule has 3 aromatic rings. The number of nitrogens with one attached hydrogen (secondary N) is 1. The number of nitrogens with zero attached hydrogens (tertiary/aromatic N) is 2. The quantitative estimate of drug-likeness (QED) is 0.347. The van der Waals surface area contributed by atoms with Crippen LogP contribution in [0.3, 0.4) is 0 Å². The summed E-state index contributed by atoms with van der Waals surface area (Å²) >= 11 is 2.71. The number of thiazole rings is 1. The first-order chi connectivity index (χ1) is 13.0. The van der Waals surface area contributed by atoms with Gasteiger partial charge in [-0.3, -0.25) is 14.9 Å². The lowest BCUT2D eigenvalue weighted by Crippen LogP contribution is -2.29. The molecule has 0 aliphatic carbocycles. The Hall–Kier alpha value is -2.45. The van der Waals surface area contributed by atoms with Crippen LogP contribution in [-0.2, 0) is 4.79 Å². The number of rotatable bonds is 7. The Balaban J connectivity index is 1.62. The minimum Gasteiger partial charge on any atom is -0.349 e. The molecule has 27 heavy (non-hydrogen) atoms. The average molecular weight is 402 g/mol. The summed E-state index contributed by atoms with van der Waals surface area (Å²) in [6, 6.07) is 12.7. The second-order valence-electron chi connectivity index (χ2n) is 6.12. The van der Waals surface area contributed by atoms with Crippen molar-refractivity contribution in [1.29, 1.82) is 0 Å². The Labute approximate surface area is 165 Å². The molecule has 0 aliphatic heterocycles. The van der Waals surface area contributed by atoms with Gasteiger partial charge in [0.1, 0.15) is 0 Å². The van der Waals surface area contributed by atoms with E-state index in [2.05, 4.69) is 10.3 Å². The smallest absolute Gasteiger partial charge is 0.270 e. The first-order valence-electron chi connectivity index (χ1n) is 8.50. The van der Waals surface area contributed by atoms with Crippen LogP contribution in [-0.4, -0.2) is 21.6 Å².